The molecule has 1 aliphatic rings. The maximum atomic E-state index is 6.65. The van der Waals surface area contributed by atoms with Crippen LogP contribution >= 0.6 is 0 Å². The first-order chi connectivity index (χ1) is 18.7. The molecule has 0 N–H and O–H groups in total. The van der Waals surface area contributed by atoms with E-state index in [1.807, 2.05) is 0 Å². The van der Waals surface area contributed by atoms with Gasteiger partial charge in [-0.2, -0.15) is 0 Å². The van der Waals surface area contributed by atoms with Crippen molar-refractivity contribution in [1.29, 1.82) is 0 Å². The Balaban J connectivity index is 3.91. The van der Waals surface area contributed by atoms with Gasteiger partial charge in [-0.3, -0.25) is 0 Å². The van der Waals surface area contributed by atoms with Gasteiger partial charge in [0.05, 0.1) is 0 Å². The van der Waals surface area contributed by atoms with Crippen LogP contribution in [0.15, 0.2) is 0 Å². The van der Waals surface area contributed by atoms with E-state index in [4.69, 9.17) is 72.8 Å². The van der Waals surface area contributed by atoms with Crippen molar-refractivity contribution in [2.24, 2.45) is 0 Å². The molecule has 2 atom stereocenters. The van der Waals surface area contributed by atoms with Crippen molar-refractivity contribution in [3.8, 4) is 0 Å². The summed E-state index contributed by atoms with van der Waals surface area (Å²) in [4.78, 5) is 0. The summed E-state index contributed by atoms with van der Waals surface area (Å²) in [5, 5.41) is 0. The summed E-state index contributed by atoms with van der Waals surface area (Å²) in [5.41, 5.74) is 0. The molecule has 25 heteroatoms. The van der Waals surface area contributed by atoms with Crippen LogP contribution in [0.2, 0.25) is 45.8 Å². The topological polar surface area (TPSA) is 157 Å². The molecule has 1 rings (SSSR count). The van der Waals surface area contributed by atoms with Gasteiger partial charge in [-0.15, -0.1) is 0 Å². The molecule has 0 bridgehead atoms. The molecule has 0 spiro atoms. The summed E-state index contributed by atoms with van der Waals surface area (Å²) in [7, 11) is -16.7. The monoisotopic (exact) mass is 736 g/mol. The van der Waals surface area contributed by atoms with Crippen molar-refractivity contribution in [3.05, 3.63) is 0 Å². The van der Waals surface area contributed by atoms with Crippen LogP contribution in [0.1, 0.15) is 0 Å². The fourth-order valence-electron chi connectivity index (χ4n) is 3.71. The van der Waals surface area contributed by atoms with E-state index in [0.717, 1.165) is 0 Å². The van der Waals surface area contributed by atoms with Gasteiger partial charge < -0.3 is 72.8 Å². The van der Waals surface area contributed by atoms with E-state index in [1.165, 1.54) is 64.0 Å². The third kappa shape index (κ3) is 10.8. The van der Waals surface area contributed by atoms with Crippen molar-refractivity contribution in [2.45, 2.75) is 45.8 Å². The van der Waals surface area contributed by atoms with Crippen LogP contribution in [-0.2, 0) is 72.8 Å². The second kappa shape index (κ2) is 15.1. The molecule has 0 radical (unpaired) electrons. The third-order valence-electron chi connectivity index (χ3n) is 5.88. The first-order valence-corrected chi connectivity index (χ1v) is 29.5. The summed E-state index contributed by atoms with van der Waals surface area (Å²) in [5.74, 6) is 0. The van der Waals surface area contributed by atoms with E-state index in [-0.39, 0.29) is 0 Å². The highest BCUT2D eigenvalue weighted by atomic mass is 28.6. The minimum Gasteiger partial charge on any atom is -0.377 e. The van der Waals surface area contributed by atoms with Gasteiger partial charge in [0, 0.05) is 110 Å². The van der Waals surface area contributed by atoms with Crippen LogP contribution in [0.4, 0.5) is 0 Å². The van der Waals surface area contributed by atoms with Gasteiger partial charge in [0.1, 0.15) is 0 Å². The van der Waals surface area contributed by atoms with Gasteiger partial charge >= 0.3 is 70.7 Å². The van der Waals surface area contributed by atoms with Gasteiger partial charge in [-0.1, -0.05) is 0 Å². The fraction of sp³-hybridized carbons (Fsp3) is 1.00. The van der Waals surface area contributed by atoms with E-state index >= 15 is 0 Å². The lowest BCUT2D eigenvalue weighted by atomic mass is 11.8. The van der Waals surface area contributed by atoms with Crippen LogP contribution in [0.5, 0.6) is 0 Å². The van der Waals surface area contributed by atoms with Crippen LogP contribution in [0.25, 0.3) is 0 Å². The summed E-state index contributed by atoms with van der Waals surface area (Å²) in [6.07, 6.45) is 0. The maximum Gasteiger partial charge on any atom is 0.671 e. The first-order valence-electron chi connectivity index (χ1n) is 12.3. The first kappa shape index (κ1) is 40.1. The minimum atomic E-state index is -4.03. The summed E-state index contributed by atoms with van der Waals surface area (Å²) >= 11 is 0. The second-order valence-electron chi connectivity index (χ2n) is 9.19. The average molecular weight is 737 g/mol. The van der Waals surface area contributed by atoms with Gasteiger partial charge in [-0.05, 0) is 0 Å². The smallest absolute Gasteiger partial charge is 0.377 e. The Labute approximate surface area is 252 Å². The van der Waals surface area contributed by atoms with Crippen molar-refractivity contribution < 1.29 is 72.8 Å². The molecule has 0 aliphatic carbocycles. The highest BCUT2D eigenvalue weighted by Gasteiger charge is 2.69. The predicted octanol–water partition coefficient (Wildman–Crippen LogP) is 1.37. The Bertz CT molecular complexity index is 771. The third-order valence-corrected chi connectivity index (χ3v) is 35.1. The Morgan fingerprint density at radius 2 is 0.537 bits per heavy atom. The maximum absolute atomic E-state index is 6.65. The molecule has 246 valence electrons. The summed E-state index contributed by atoms with van der Waals surface area (Å²) in [6.45, 7) is 11.5. The molecule has 41 heavy (non-hydrogen) atoms. The number of hydrogen-bond acceptors (Lipinski definition) is 17. The zero-order valence-corrected chi connectivity index (χ0v) is 34.9. The van der Waals surface area contributed by atoms with E-state index in [0.29, 0.717) is 0 Å². The largest absolute Gasteiger partial charge is 0.671 e. The van der Waals surface area contributed by atoms with Gasteiger partial charge in [0.25, 0.3) is 0 Å². The fourth-order valence-corrected chi connectivity index (χ4v) is 34.9. The van der Waals surface area contributed by atoms with Crippen LogP contribution < -0.4 is 0 Å². The van der Waals surface area contributed by atoms with E-state index in [9.17, 15) is 0 Å². The van der Waals surface area contributed by atoms with E-state index < -0.39 is 70.7 Å². The highest BCUT2D eigenvalue weighted by Crippen LogP contribution is 2.38. The van der Waals surface area contributed by atoms with Crippen molar-refractivity contribution in [2.75, 3.05) is 64.0 Å². The molecule has 1 saturated heterocycles. The molecule has 0 amide bonds. The molecular weight excluding hydrogens is 689 g/mol. The Morgan fingerprint density at radius 3 is 0.707 bits per heavy atom. The molecule has 0 aromatic rings. The van der Waals surface area contributed by atoms with Crippen LogP contribution in [0, 0.1) is 0 Å². The molecule has 1 fully saturated rings. The zero-order chi connectivity index (χ0) is 32.0. The highest BCUT2D eigenvalue weighted by molar-refractivity contribution is 6.93. The standard InChI is InChI=1S/C16H48O17Si8/c1-17-34(10,18-2)26-37(13)29-38(14,27-35(11,19-3)20-4)31-40(16,33-41(23-7,24-8)25-9)32-39(15,30-37)28-36(12,21-5)22-6/h1-16H3. The molecule has 0 aromatic heterocycles. The summed E-state index contributed by atoms with van der Waals surface area (Å²) in [6, 6.07) is 0. The summed E-state index contributed by atoms with van der Waals surface area (Å²) < 4.78 is 102. The van der Waals surface area contributed by atoms with Crippen LogP contribution in [0.3, 0.4) is 0 Å². The molecule has 0 aromatic carbocycles. The number of rotatable bonds is 17. The van der Waals surface area contributed by atoms with Crippen LogP contribution in [-0.4, -0.2) is 135 Å². The normalized spacial score (nSPS) is 30.7. The van der Waals surface area contributed by atoms with Gasteiger partial charge in [-0.25, -0.2) is 0 Å². The molecule has 0 saturated carbocycles. The lowest BCUT2D eigenvalue weighted by molar-refractivity contribution is 0.00694. The van der Waals surface area contributed by atoms with Crippen molar-refractivity contribution in [3.63, 3.8) is 0 Å². The van der Waals surface area contributed by atoms with Crippen molar-refractivity contribution in [1.82, 2.24) is 0 Å². The Hall–Kier alpha value is 1.06. The molecule has 2 unspecified atom stereocenters. The van der Waals surface area contributed by atoms with E-state index in [1.54, 1.807) is 45.8 Å². The second-order valence-corrected chi connectivity index (χ2v) is 32.5. The molecule has 1 heterocycles. The average Bonchev–Trinajstić information content (AvgIpc) is 2.89. The zero-order valence-electron chi connectivity index (χ0n) is 26.9. The number of hydrogen-bond donors (Lipinski definition) is 0. The lowest BCUT2D eigenvalue weighted by Crippen LogP contribution is -2.75. The molecule has 17 nitrogen and oxygen atoms in total. The predicted molar refractivity (Wildman–Crippen MR) is 159 cm³/mol. The van der Waals surface area contributed by atoms with E-state index in [2.05, 4.69) is 0 Å². The van der Waals surface area contributed by atoms with Gasteiger partial charge in [0.15, 0.2) is 0 Å². The Kier molecular flexibility index (Phi) is 14.8. The lowest BCUT2D eigenvalue weighted by Gasteiger charge is -2.50. The van der Waals surface area contributed by atoms with Crippen molar-refractivity contribution >= 4 is 70.7 Å². The van der Waals surface area contributed by atoms with Gasteiger partial charge in [0.2, 0.25) is 0 Å². The SMILES string of the molecule is CO[Si](C)(OC)O[Si]1(C)O[Si](C)(O[Si](C)(OC)OC)O[Si](C)(O[Si](OC)(OC)OC)O[Si](C)(O[Si](C)(OC)OC)O1. The minimum absolute atomic E-state index is 1.38. The Morgan fingerprint density at radius 1 is 0.341 bits per heavy atom. The molecule has 1 aliphatic heterocycles. The molecular formula is C16H48O17Si8. The quantitative estimate of drug-likeness (QED) is 0.197.